The van der Waals surface area contributed by atoms with Gasteiger partial charge in [-0.2, -0.15) is 0 Å². The Labute approximate surface area is 122 Å². The van der Waals surface area contributed by atoms with Gasteiger partial charge in [-0.1, -0.05) is 54.1 Å². The second-order valence-corrected chi connectivity index (χ2v) is 4.99. The third-order valence-electron chi connectivity index (χ3n) is 3.19. The molecule has 0 aliphatic rings. The van der Waals surface area contributed by atoms with E-state index in [1.54, 1.807) is 12.1 Å². The molecule has 20 heavy (non-hydrogen) atoms. The summed E-state index contributed by atoms with van der Waals surface area (Å²) in [6, 6.07) is 18.8. The zero-order valence-corrected chi connectivity index (χ0v) is 11.5. The van der Waals surface area contributed by atoms with Gasteiger partial charge in [0.25, 0.3) is 0 Å². The molecule has 0 atom stereocenters. The fourth-order valence-corrected chi connectivity index (χ4v) is 2.33. The molecule has 0 amide bonds. The first-order valence-corrected chi connectivity index (χ1v) is 6.74. The number of hydrogen-bond donors (Lipinski definition) is 0. The minimum atomic E-state index is -0.0242. The van der Waals surface area contributed by atoms with E-state index >= 15 is 0 Å². The molecule has 1 heterocycles. The molecule has 0 saturated carbocycles. The largest absolute Gasteiger partial charge is 0.292 e. The van der Waals surface area contributed by atoms with Crippen molar-refractivity contribution in [3.8, 4) is 0 Å². The lowest BCUT2D eigenvalue weighted by molar-refractivity contribution is 0.0988. The first-order chi connectivity index (χ1) is 9.74. The van der Waals surface area contributed by atoms with Crippen molar-refractivity contribution in [2.75, 3.05) is 0 Å². The van der Waals surface area contributed by atoms with Crippen LogP contribution >= 0.6 is 11.6 Å². The van der Waals surface area contributed by atoms with Crippen LogP contribution < -0.4 is 0 Å². The number of fused-ring (bicyclic) bond motifs is 1. The maximum atomic E-state index is 12.3. The molecular formula is C17H12ClNO. The topological polar surface area (TPSA) is 30.0 Å². The molecular weight excluding hydrogens is 270 g/mol. The van der Waals surface area contributed by atoms with Crippen LogP contribution in [0.5, 0.6) is 0 Å². The van der Waals surface area contributed by atoms with Crippen LogP contribution in [-0.2, 0) is 6.42 Å². The van der Waals surface area contributed by atoms with E-state index in [2.05, 4.69) is 4.98 Å². The molecule has 2 nitrogen and oxygen atoms in total. The molecule has 0 N–H and O–H groups in total. The summed E-state index contributed by atoms with van der Waals surface area (Å²) in [5.41, 5.74) is 2.13. The fraction of sp³-hybridized carbons (Fsp3) is 0.0588. The van der Waals surface area contributed by atoms with Gasteiger partial charge in [-0.15, -0.1) is 0 Å². The molecule has 0 aliphatic carbocycles. The van der Waals surface area contributed by atoms with Gasteiger partial charge in [0, 0.05) is 16.8 Å². The third kappa shape index (κ3) is 2.56. The number of pyridine rings is 1. The third-order valence-corrected chi connectivity index (χ3v) is 3.56. The van der Waals surface area contributed by atoms with Crippen LogP contribution in [0.25, 0.3) is 10.9 Å². The van der Waals surface area contributed by atoms with E-state index in [9.17, 15) is 4.79 Å². The number of rotatable bonds is 3. The molecule has 3 heteroatoms. The lowest BCUT2D eigenvalue weighted by Crippen LogP contribution is -2.06. The van der Waals surface area contributed by atoms with Gasteiger partial charge in [-0.05, 0) is 23.8 Å². The van der Waals surface area contributed by atoms with Crippen molar-refractivity contribution in [2.24, 2.45) is 0 Å². The highest BCUT2D eigenvalue weighted by Crippen LogP contribution is 2.18. The van der Waals surface area contributed by atoms with Crippen molar-refractivity contribution >= 4 is 28.3 Å². The van der Waals surface area contributed by atoms with E-state index in [1.165, 1.54) is 0 Å². The Morgan fingerprint density at radius 2 is 1.70 bits per heavy atom. The molecule has 0 bridgehead atoms. The van der Waals surface area contributed by atoms with Gasteiger partial charge in [0.1, 0.15) is 5.69 Å². The lowest BCUT2D eigenvalue weighted by atomic mass is 10.1. The molecule has 0 radical (unpaired) electrons. The van der Waals surface area contributed by atoms with Crippen LogP contribution in [0.3, 0.4) is 0 Å². The average molecular weight is 282 g/mol. The maximum absolute atomic E-state index is 12.3. The van der Waals surface area contributed by atoms with Gasteiger partial charge in [-0.3, -0.25) is 4.79 Å². The Morgan fingerprint density at radius 3 is 2.55 bits per heavy atom. The molecule has 0 spiro atoms. The van der Waals surface area contributed by atoms with Crippen molar-refractivity contribution in [1.29, 1.82) is 0 Å². The molecule has 3 aromatic rings. The summed E-state index contributed by atoms with van der Waals surface area (Å²) >= 11 is 6.08. The number of para-hydroxylation sites is 1. The number of carbonyl (C=O) groups is 1. The first-order valence-electron chi connectivity index (χ1n) is 6.36. The second kappa shape index (κ2) is 5.43. The average Bonchev–Trinajstić information content (AvgIpc) is 2.49. The highest BCUT2D eigenvalue weighted by molar-refractivity contribution is 6.31. The standard InChI is InChI=1S/C17H12ClNO/c18-14-7-3-1-6-13(14)11-17(20)16-10-9-12-5-2-4-8-15(12)19-16/h1-10H,11H2. The number of aromatic nitrogens is 1. The minimum absolute atomic E-state index is 0.0242. The van der Waals surface area contributed by atoms with E-state index in [1.807, 2.05) is 48.5 Å². The highest BCUT2D eigenvalue weighted by atomic mass is 35.5. The smallest absolute Gasteiger partial charge is 0.185 e. The number of hydrogen-bond acceptors (Lipinski definition) is 2. The molecule has 0 aliphatic heterocycles. The van der Waals surface area contributed by atoms with Crippen LogP contribution in [0, 0.1) is 0 Å². The van der Waals surface area contributed by atoms with E-state index < -0.39 is 0 Å². The van der Waals surface area contributed by atoms with Crippen LogP contribution in [0.1, 0.15) is 16.1 Å². The molecule has 0 saturated heterocycles. The Morgan fingerprint density at radius 1 is 0.950 bits per heavy atom. The van der Waals surface area contributed by atoms with Crippen LogP contribution in [0.15, 0.2) is 60.7 Å². The van der Waals surface area contributed by atoms with E-state index in [0.29, 0.717) is 10.7 Å². The van der Waals surface area contributed by atoms with Crippen LogP contribution in [-0.4, -0.2) is 10.8 Å². The van der Waals surface area contributed by atoms with E-state index in [0.717, 1.165) is 16.5 Å². The van der Waals surface area contributed by atoms with Gasteiger partial charge in [0.2, 0.25) is 0 Å². The van der Waals surface area contributed by atoms with Crippen molar-refractivity contribution in [1.82, 2.24) is 4.98 Å². The monoisotopic (exact) mass is 281 g/mol. The quantitative estimate of drug-likeness (QED) is 0.670. The zero-order valence-electron chi connectivity index (χ0n) is 10.7. The number of Topliss-reactive ketones (excluding diaryl/α,β-unsaturated/α-hetero) is 1. The molecule has 1 aromatic heterocycles. The van der Waals surface area contributed by atoms with Crippen molar-refractivity contribution in [3.63, 3.8) is 0 Å². The van der Waals surface area contributed by atoms with Crippen molar-refractivity contribution < 1.29 is 4.79 Å². The summed E-state index contributed by atoms with van der Waals surface area (Å²) in [6.45, 7) is 0. The maximum Gasteiger partial charge on any atom is 0.185 e. The number of halogens is 1. The zero-order chi connectivity index (χ0) is 13.9. The van der Waals surface area contributed by atoms with Gasteiger partial charge >= 0.3 is 0 Å². The van der Waals surface area contributed by atoms with Crippen LogP contribution in [0.2, 0.25) is 5.02 Å². The minimum Gasteiger partial charge on any atom is -0.292 e. The SMILES string of the molecule is O=C(Cc1ccccc1Cl)c1ccc2ccccc2n1. The number of ketones is 1. The van der Waals surface area contributed by atoms with Crippen molar-refractivity contribution in [2.45, 2.75) is 6.42 Å². The number of carbonyl (C=O) groups excluding carboxylic acids is 1. The highest BCUT2D eigenvalue weighted by Gasteiger charge is 2.11. The molecule has 98 valence electrons. The van der Waals surface area contributed by atoms with E-state index in [4.69, 9.17) is 11.6 Å². The van der Waals surface area contributed by atoms with E-state index in [-0.39, 0.29) is 12.2 Å². The number of nitrogens with zero attached hydrogens (tertiary/aromatic N) is 1. The summed E-state index contributed by atoms with van der Waals surface area (Å²) in [6.07, 6.45) is 0.269. The Balaban J connectivity index is 1.91. The molecule has 2 aromatic carbocycles. The summed E-state index contributed by atoms with van der Waals surface area (Å²) < 4.78 is 0. The predicted molar refractivity (Wildman–Crippen MR) is 81.2 cm³/mol. The number of benzene rings is 2. The fourth-order valence-electron chi connectivity index (χ4n) is 2.13. The molecule has 0 unspecified atom stereocenters. The van der Waals surface area contributed by atoms with Gasteiger partial charge in [0.15, 0.2) is 5.78 Å². The normalized spacial score (nSPS) is 10.7. The van der Waals surface area contributed by atoms with Gasteiger partial charge in [0.05, 0.1) is 5.52 Å². The Kier molecular flexibility index (Phi) is 3.48. The predicted octanol–water partition coefficient (Wildman–Crippen LogP) is 4.31. The lowest BCUT2D eigenvalue weighted by Gasteiger charge is -2.04. The second-order valence-electron chi connectivity index (χ2n) is 4.58. The molecule has 0 fully saturated rings. The van der Waals surface area contributed by atoms with Gasteiger partial charge < -0.3 is 0 Å². The van der Waals surface area contributed by atoms with Crippen molar-refractivity contribution in [3.05, 3.63) is 76.9 Å². The first kappa shape index (κ1) is 12.8. The summed E-state index contributed by atoms with van der Waals surface area (Å²) in [4.78, 5) is 16.7. The Hall–Kier alpha value is -2.19. The Bertz CT molecular complexity index is 783. The summed E-state index contributed by atoms with van der Waals surface area (Å²) in [7, 11) is 0. The van der Waals surface area contributed by atoms with Gasteiger partial charge in [-0.25, -0.2) is 4.98 Å². The molecule has 3 rings (SSSR count). The summed E-state index contributed by atoms with van der Waals surface area (Å²) in [5, 5.41) is 1.64. The summed E-state index contributed by atoms with van der Waals surface area (Å²) in [5.74, 6) is -0.0242. The van der Waals surface area contributed by atoms with Crippen LogP contribution in [0.4, 0.5) is 0 Å².